The summed E-state index contributed by atoms with van der Waals surface area (Å²) < 4.78 is 1.87. The number of nitrogen functional groups attached to an aromatic ring is 1. The van der Waals surface area contributed by atoms with E-state index in [1.54, 1.807) is 0 Å². The number of aromatic nitrogens is 2. The third-order valence-corrected chi connectivity index (χ3v) is 3.89. The largest absolute Gasteiger partial charge is 0.383 e. The highest BCUT2D eigenvalue weighted by atomic mass is 35.5. The van der Waals surface area contributed by atoms with Gasteiger partial charge < -0.3 is 5.73 Å². The van der Waals surface area contributed by atoms with E-state index in [9.17, 15) is 0 Å². The van der Waals surface area contributed by atoms with Crippen LogP contribution in [0, 0.1) is 6.92 Å². The van der Waals surface area contributed by atoms with Crippen molar-refractivity contribution >= 4 is 17.4 Å². The smallest absolute Gasteiger partial charge is 0.141 e. The van der Waals surface area contributed by atoms with Crippen molar-refractivity contribution in [2.75, 3.05) is 5.73 Å². The number of nitrogens with two attached hydrogens (primary N) is 1. The van der Waals surface area contributed by atoms with Crippen LogP contribution in [0.25, 0.3) is 0 Å². The quantitative estimate of drug-likeness (QED) is 0.842. The molecule has 17 heavy (non-hydrogen) atoms. The van der Waals surface area contributed by atoms with E-state index >= 15 is 0 Å². The Morgan fingerprint density at radius 2 is 1.88 bits per heavy atom. The zero-order valence-corrected chi connectivity index (χ0v) is 10.4. The van der Waals surface area contributed by atoms with Crippen LogP contribution in [-0.2, 0) is 12.8 Å². The number of rotatable bonds is 1. The molecule has 0 atom stereocenters. The van der Waals surface area contributed by atoms with Gasteiger partial charge in [-0.3, -0.25) is 0 Å². The van der Waals surface area contributed by atoms with Crippen LogP contribution in [-0.4, -0.2) is 9.78 Å². The van der Waals surface area contributed by atoms with E-state index in [4.69, 9.17) is 17.3 Å². The molecule has 0 aliphatic heterocycles. The Balaban J connectivity index is 1.96. The van der Waals surface area contributed by atoms with Gasteiger partial charge in [0, 0.05) is 0 Å². The van der Waals surface area contributed by atoms with E-state index in [2.05, 4.69) is 29.4 Å². The maximum atomic E-state index is 6.08. The topological polar surface area (TPSA) is 43.8 Å². The molecule has 0 fully saturated rings. The lowest BCUT2D eigenvalue weighted by Gasteiger charge is -2.11. The van der Waals surface area contributed by atoms with Crippen LogP contribution in [0.5, 0.6) is 0 Å². The summed E-state index contributed by atoms with van der Waals surface area (Å²) in [4.78, 5) is 0. The summed E-state index contributed by atoms with van der Waals surface area (Å²) >= 11 is 6.08. The maximum absolute atomic E-state index is 6.08. The Kier molecular flexibility index (Phi) is 2.37. The predicted octanol–water partition coefficient (Wildman–Crippen LogP) is 2.77. The SMILES string of the molecule is Cc1nn(C2Cc3ccccc3C2)c(N)c1Cl. The van der Waals surface area contributed by atoms with Gasteiger partial charge in [0.15, 0.2) is 0 Å². The normalized spacial score (nSPS) is 15.2. The molecule has 1 aromatic carbocycles. The molecule has 0 saturated heterocycles. The Morgan fingerprint density at radius 1 is 1.29 bits per heavy atom. The Hall–Kier alpha value is -1.48. The number of aryl methyl sites for hydroxylation is 1. The molecule has 1 aromatic heterocycles. The molecule has 88 valence electrons. The number of benzene rings is 1. The monoisotopic (exact) mass is 247 g/mol. The summed E-state index contributed by atoms with van der Waals surface area (Å²) in [7, 11) is 0. The van der Waals surface area contributed by atoms with E-state index in [0.29, 0.717) is 16.9 Å². The van der Waals surface area contributed by atoms with E-state index < -0.39 is 0 Å². The zero-order valence-electron chi connectivity index (χ0n) is 9.65. The number of nitrogens with zero attached hydrogens (tertiary/aromatic N) is 2. The fourth-order valence-electron chi connectivity index (χ4n) is 2.53. The summed E-state index contributed by atoms with van der Waals surface area (Å²) in [5, 5.41) is 5.02. The van der Waals surface area contributed by atoms with Crippen molar-refractivity contribution in [3.8, 4) is 0 Å². The van der Waals surface area contributed by atoms with Crippen molar-refractivity contribution < 1.29 is 0 Å². The highest BCUT2D eigenvalue weighted by molar-refractivity contribution is 6.33. The van der Waals surface area contributed by atoms with Crippen molar-refractivity contribution in [1.82, 2.24) is 9.78 Å². The first kappa shape index (κ1) is 10.7. The van der Waals surface area contributed by atoms with Crippen LogP contribution in [0.2, 0.25) is 5.02 Å². The molecule has 3 rings (SSSR count). The Morgan fingerprint density at radius 3 is 2.35 bits per heavy atom. The first-order valence-electron chi connectivity index (χ1n) is 5.73. The average molecular weight is 248 g/mol. The number of hydrogen-bond donors (Lipinski definition) is 1. The zero-order chi connectivity index (χ0) is 12.0. The predicted molar refractivity (Wildman–Crippen MR) is 69.3 cm³/mol. The summed E-state index contributed by atoms with van der Waals surface area (Å²) in [5.41, 5.74) is 9.57. The third-order valence-electron chi connectivity index (χ3n) is 3.42. The molecule has 0 radical (unpaired) electrons. The maximum Gasteiger partial charge on any atom is 0.141 e. The molecule has 1 aliphatic rings. The number of halogens is 1. The van der Waals surface area contributed by atoms with Gasteiger partial charge in [-0.25, -0.2) is 4.68 Å². The second kappa shape index (κ2) is 3.77. The van der Waals surface area contributed by atoms with Crippen molar-refractivity contribution in [3.05, 3.63) is 46.1 Å². The van der Waals surface area contributed by atoms with Crippen LogP contribution >= 0.6 is 11.6 Å². The third kappa shape index (κ3) is 1.62. The van der Waals surface area contributed by atoms with Crippen LogP contribution < -0.4 is 5.73 Å². The minimum Gasteiger partial charge on any atom is -0.383 e. The molecular weight excluding hydrogens is 234 g/mol. The van der Waals surface area contributed by atoms with Gasteiger partial charge in [0.2, 0.25) is 0 Å². The van der Waals surface area contributed by atoms with E-state index in [1.165, 1.54) is 11.1 Å². The molecule has 3 nitrogen and oxygen atoms in total. The lowest BCUT2D eigenvalue weighted by molar-refractivity contribution is 0.480. The van der Waals surface area contributed by atoms with Gasteiger partial charge in [-0.05, 0) is 30.9 Å². The summed E-state index contributed by atoms with van der Waals surface area (Å²) in [6.45, 7) is 1.89. The molecule has 2 aromatic rings. The molecule has 1 heterocycles. The lowest BCUT2D eigenvalue weighted by atomic mass is 10.1. The van der Waals surface area contributed by atoms with Gasteiger partial charge in [0.25, 0.3) is 0 Å². The summed E-state index contributed by atoms with van der Waals surface area (Å²) in [6.07, 6.45) is 1.97. The minimum absolute atomic E-state index is 0.304. The second-order valence-corrected chi connectivity index (χ2v) is 4.94. The molecule has 2 N–H and O–H groups in total. The number of hydrogen-bond acceptors (Lipinski definition) is 2. The first-order valence-corrected chi connectivity index (χ1v) is 6.11. The van der Waals surface area contributed by atoms with Gasteiger partial charge in [-0.2, -0.15) is 5.10 Å². The average Bonchev–Trinajstić information content (AvgIpc) is 2.86. The first-order chi connectivity index (χ1) is 8.16. The van der Waals surface area contributed by atoms with Crippen LogP contribution in [0.15, 0.2) is 24.3 Å². The molecule has 1 aliphatic carbocycles. The van der Waals surface area contributed by atoms with Gasteiger partial charge in [-0.15, -0.1) is 0 Å². The van der Waals surface area contributed by atoms with Crippen LogP contribution in [0.1, 0.15) is 22.9 Å². The number of anilines is 1. The van der Waals surface area contributed by atoms with Crippen molar-refractivity contribution in [3.63, 3.8) is 0 Å². The van der Waals surface area contributed by atoms with Gasteiger partial charge >= 0.3 is 0 Å². The Labute approximate surface area is 105 Å². The molecule has 4 heteroatoms. The summed E-state index contributed by atoms with van der Waals surface area (Å²) in [6, 6.07) is 8.80. The minimum atomic E-state index is 0.304. The van der Waals surface area contributed by atoms with Crippen molar-refractivity contribution in [1.29, 1.82) is 0 Å². The van der Waals surface area contributed by atoms with Crippen LogP contribution in [0.4, 0.5) is 5.82 Å². The van der Waals surface area contributed by atoms with Gasteiger partial charge in [-0.1, -0.05) is 35.9 Å². The fraction of sp³-hybridized carbons (Fsp3) is 0.308. The van der Waals surface area contributed by atoms with Crippen molar-refractivity contribution in [2.24, 2.45) is 0 Å². The molecule has 0 unspecified atom stereocenters. The van der Waals surface area contributed by atoms with Gasteiger partial charge in [0.05, 0.1) is 11.7 Å². The van der Waals surface area contributed by atoms with E-state index in [0.717, 1.165) is 18.5 Å². The highest BCUT2D eigenvalue weighted by Gasteiger charge is 2.25. The van der Waals surface area contributed by atoms with Crippen LogP contribution in [0.3, 0.4) is 0 Å². The van der Waals surface area contributed by atoms with Gasteiger partial charge in [0.1, 0.15) is 10.8 Å². The molecule has 0 amide bonds. The Bertz CT molecular complexity index is 549. The standard InChI is InChI=1S/C13H14ClN3/c1-8-12(14)13(15)17(16-8)11-6-9-4-2-3-5-10(9)7-11/h2-5,11H,6-7,15H2,1H3. The molecular formula is C13H14ClN3. The highest BCUT2D eigenvalue weighted by Crippen LogP contribution is 2.33. The lowest BCUT2D eigenvalue weighted by Crippen LogP contribution is -2.13. The molecule has 0 bridgehead atoms. The van der Waals surface area contributed by atoms with E-state index in [1.807, 2.05) is 11.6 Å². The van der Waals surface area contributed by atoms with E-state index in [-0.39, 0.29) is 0 Å². The number of fused-ring (bicyclic) bond motifs is 1. The van der Waals surface area contributed by atoms with Crippen molar-refractivity contribution in [2.45, 2.75) is 25.8 Å². The molecule has 0 spiro atoms. The molecule has 0 saturated carbocycles. The fourth-order valence-corrected chi connectivity index (χ4v) is 2.66. The summed E-state index contributed by atoms with van der Waals surface area (Å²) in [5.74, 6) is 0.585. The second-order valence-electron chi connectivity index (χ2n) is 4.56.